The average Bonchev–Trinajstić information content (AvgIpc) is 1.88. The number of allylic oxidation sites excluding steroid dienone is 3. The van der Waals surface area contributed by atoms with Crippen molar-refractivity contribution < 1.29 is 0 Å². The van der Waals surface area contributed by atoms with Crippen LogP contribution in [0.5, 0.6) is 0 Å². The summed E-state index contributed by atoms with van der Waals surface area (Å²) in [7, 11) is 2.12. The second kappa shape index (κ2) is 4.37. The van der Waals surface area contributed by atoms with Crippen molar-refractivity contribution in [1.29, 1.82) is 0 Å². The molecule has 0 nitrogen and oxygen atoms in total. The van der Waals surface area contributed by atoms with Gasteiger partial charge in [-0.3, -0.25) is 0 Å². The maximum Gasteiger partial charge on any atom is 0.142 e. The van der Waals surface area contributed by atoms with Crippen molar-refractivity contribution in [3.8, 4) is 0 Å². The zero-order chi connectivity index (χ0) is 8.15. The van der Waals surface area contributed by atoms with E-state index in [4.69, 9.17) is 0 Å². The van der Waals surface area contributed by atoms with Crippen molar-refractivity contribution in [1.82, 2.24) is 0 Å². The van der Waals surface area contributed by atoms with Gasteiger partial charge in [-0.1, -0.05) is 45.8 Å². The van der Waals surface area contributed by atoms with E-state index in [0.717, 1.165) is 0 Å². The molecule has 0 atom stereocenters. The van der Waals surface area contributed by atoms with Crippen molar-refractivity contribution in [3.05, 3.63) is 23.7 Å². The third kappa shape index (κ3) is 2.42. The summed E-state index contributed by atoms with van der Waals surface area (Å²) in [6.45, 7) is 12.3. The molecule has 0 amide bonds. The van der Waals surface area contributed by atoms with Gasteiger partial charge in [-0.2, -0.15) is 0 Å². The highest BCUT2D eigenvalue weighted by Gasteiger charge is 2.00. The summed E-state index contributed by atoms with van der Waals surface area (Å²) in [6, 6.07) is 0. The summed E-state index contributed by atoms with van der Waals surface area (Å²) in [4.78, 5) is 0. The highest BCUT2D eigenvalue weighted by atomic mass is 14.0. The summed E-state index contributed by atoms with van der Waals surface area (Å²) < 4.78 is 0. The van der Waals surface area contributed by atoms with E-state index in [1.165, 1.54) is 11.0 Å². The monoisotopic (exact) mass is 135 g/mol. The van der Waals surface area contributed by atoms with Gasteiger partial charge in [0.25, 0.3) is 0 Å². The molecule has 1 radical (unpaired) electrons. The van der Waals surface area contributed by atoms with E-state index in [-0.39, 0.29) is 0 Å². The second-order valence-corrected chi connectivity index (χ2v) is 2.79. The Bertz CT molecular complexity index is 143. The summed E-state index contributed by atoms with van der Waals surface area (Å²) in [5.74, 6) is 0.591. The van der Waals surface area contributed by atoms with Crippen molar-refractivity contribution in [2.75, 3.05) is 0 Å². The first-order chi connectivity index (χ1) is 4.63. The fraction of sp³-hybridized carbons (Fsp3) is 0.556. The summed E-state index contributed by atoms with van der Waals surface area (Å²) >= 11 is 0. The molecular weight excluding hydrogens is 119 g/mol. The highest BCUT2D eigenvalue weighted by molar-refractivity contribution is 6.43. The minimum Gasteiger partial charge on any atom is -0.109 e. The molecule has 0 aliphatic heterocycles. The van der Waals surface area contributed by atoms with E-state index in [1.54, 1.807) is 0 Å². The van der Waals surface area contributed by atoms with Gasteiger partial charge in [-0.15, -0.1) is 5.47 Å². The lowest BCUT2D eigenvalue weighted by atomic mass is 9.69. The predicted octanol–water partition coefficient (Wildman–Crippen LogP) is 2.85. The van der Waals surface area contributed by atoms with Gasteiger partial charge in [0.1, 0.15) is 7.28 Å². The molecule has 0 aliphatic carbocycles. The molecule has 0 heterocycles. The van der Waals surface area contributed by atoms with Crippen LogP contribution in [0.3, 0.4) is 0 Å². The maximum absolute atomic E-state index is 3.77. The molecule has 0 spiro atoms. The third-order valence-corrected chi connectivity index (χ3v) is 1.73. The van der Waals surface area contributed by atoms with Crippen LogP contribution in [-0.2, 0) is 0 Å². The van der Waals surface area contributed by atoms with Gasteiger partial charge in [0.05, 0.1) is 0 Å². The lowest BCUT2D eigenvalue weighted by Crippen LogP contribution is -1.98. The van der Waals surface area contributed by atoms with E-state index in [9.17, 15) is 0 Å². The Balaban J connectivity index is 4.45. The smallest absolute Gasteiger partial charge is 0.109 e. The molecule has 0 aliphatic rings. The van der Waals surface area contributed by atoms with Crippen LogP contribution in [0.25, 0.3) is 0 Å². The topological polar surface area (TPSA) is 0 Å². The van der Waals surface area contributed by atoms with E-state index in [0.29, 0.717) is 5.92 Å². The van der Waals surface area contributed by atoms with E-state index in [1.807, 2.05) is 6.08 Å². The van der Waals surface area contributed by atoms with Gasteiger partial charge in [0.15, 0.2) is 0 Å². The lowest BCUT2D eigenvalue weighted by molar-refractivity contribution is 0.787. The third-order valence-electron chi connectivity index (χ3n) is 1.73. The summed E-state index contributed by atoms with van der Waals surface area (Å²) in [6.07, 6.45) is 1.94. The van der Waals surface area contributed by atoms with E-state index >= 15 is 0 Å². The molecule has 0 fully saturated rings. The first kappa shape index (κ1) is 9.54. The lowest BCUT2D eigenvalue weighted by Gasteiger charge is -2.09. The van der Waals surface area contributed by atoms with Crippen molar-refractivity contribution in [2.24, 2.45) is 5.92 Å². The van der Waals surface area contributed by atoms with Gasteiger partial charge >= 0.3 is 0 Å². The molecule has 0 saturated carbocycles. The van der Waals surface area contributed by atoms with E-state index in [2.05, 4.69) is 41.5 Å². The Hall–Kier alpha value is -0.455. The van der Waals surface area contributed by atoms with E-state index < -0.39 is 0 Å². The van der Waals surface area contributed by atoms with Gasteiger partial charge in [0, 0.05) is 0 Å². The van der Waals surface area contributed by atoms with Crippen LogP contribution >= 0.6 is 0 Å². The van der Waals surface area contributed by atoms with Gasteiger partial charge in [-0.05, 0) is 5.92 Å². The molecule has 0 aromatic heterocycles. The Kier molecular flexibility index (Phi) is 4.18. The maximum atomic E-state index is 3.77. The number of rotatable bonds is 3. The van der Waals surface area contributed by atoms with Crippen LogP contribution in [0.1, 0.15) is 20.8 Å². The van der Waals surface area contributed by atoms with Crippen LogP contribution in [0.15, 0.2) is 23.7 Å². The quantitative estimate of drug-likeness (QED) is 0.412. The number of hydrogen-bond acceptors (Lipinski definition) is 0. The Labute approximate surface area is 65.3 Å². The number of hydrogen-bond donors (Lipinski definition) is 0. The molecule has 0 rings (SSSR count). The normalized spacial score (nSPS) is 12.9. The van der Waals surface area contributed by atoms with Crippen LogP contribution < -0.4 is 0 Å². The molecular formula is C9H16B. The molecule has 0 N–H and O–H groups in total. The van der Waals surface area contributed by atoms with Crippen LogP contribution in [-0.4, -0.2) is 7.28 Å². The fourth-order valence-corrected chi connectivity index (χ4v) is 1.02. The molecule has 55 valence electrons. The molecule has 1 heteroatoms. The SMILES string of the molecule is C=CC(=C(C)[B]C)C(C)C. The van der Waals surface area contributed by atoms with Crippen LogP contribution in [0.2, 0.25) is 6.82 Å². The predicted molar refractivity (Wildman–Crippen MR) is 49.4 cm³/mol. The van der Waals surface area contributed by atoms with Gasteiger partial charge < -0.3 is 0 Å². The van der Waals surface area contributed by atoms with Crippen molar-refractivity contribution in [3.63, 3.8) is 0 Å². The molecule has 0 unspecified atom stereocenters. The van der Waals surface area contributed by atoms with Crippen LogP contribution in [0.4, 0.5) is 0 Å². The van der Waals surface area contributed by atoms with Gasteiger partial charge in [0.2, 0.25) is 0 Å². The Morgan fingerprint density at radius 2 is 2.00 bits per heavy atom. The zero-order valence-corrected chi connectivity index (χ0v) is 7.44. The fourth-order valence-electron chi connectivity index (χ4n) is 1.02. The van der Waals surface area contributed by atoms with Crippen molar-refractivity contribution in [2.45, 2.75) is 27.6 Å². The Morgan fingerprint density at radius 1 is 1.50 bits per heavy atom. The standard InChI is InChI=1S/C9H16B/c1-6-9(7(2)3)8(4)10-5/h6-7H,1H2,2-5H3. The highest BCUT2D eigenvalue weighted by Crippen LogP contribution is 2.14. The molecule has 0 saturated heterocycles. The molecule has 0 bridgehead atoms. The molecule has 10 heavy (non-hydrogen) atoms. The first-order valence-corrected chi connectivity index (χ1v) is 3.76. The first-order valence-electron chi connectivity index (χ1n) is 3.76. The minimum atomic E-state index is 0.591. The van der Waals surface area contributed by atoms with Crippen molar-refractivity contribution >= 4 is 7.28 Å². The largest absolute Gasteiger partial charge is 0.142 e. The Morgan fingerprint density at radius 3 is 2.10 bits per heavy atom. The zero-order valence-electron chi connectivity index (χ0n) is 7.44. The summed E-state index contributed by atoms with van der Waals surface area (Å²) in [5, 5.41) is 0. The average molecular weight is 135 g/mol. The summed E-state index contributed by atoms with van der Waals surface area (Å²) in [5.41, 5.74) is 2.69. The second-order valence-electron chi connectivity index (χ2n) is 2.79. The van der Waals surface area contributed by atoms with Gasteiger partial charge in [-0.25, -0.2) is 0 Å². The molecule has 0 aromatic rings. The van der Waals surface area contributed by atoms with Crippen LogP contribution in [0, 0.1) is 5.92 Å². The minimum absolute atomic E-state index is 0.591. The molecule has 0 aromatic carbocycles.